The van der Waals surface area contributed by atoms with E-state index in [1.165, 1.54) is 141 Å². The van der Waals surface area contributed by atoms with Gasteiger partial charge in [0.2, 0.25) is 0 Å². The van der Waals surface area contributed by atoms with Gasteiger partial charge in [0.15, 0.2) is 6.10 Å². The second-order valence-electron chi connectivity index (χ2n) is 17.7. The van der Waals surface area contributed by atoms with Crippen LogP contribution in [0.2, 0.25) is 0 Å². The Morgan fingerprint density at radius 1 is 0.364 bits per heavy atom. The first-order chi connectivity index (χ1) is 26.7. The number of ether oxygens (including phenoxy) is 3. The topological polar surface area (TPSA) is 78.9 Å². The molecule has 6 heteroatoms. The Bertz CT molecular complexity index is 856. The highest BCUT2D eigenvalue weighted by atomic mass is 16.6. The summed E-state index contributed by atoms with van der Waals surface area (Å²) in [5.74, 6) is 1.65. The van der Waals surface area contributed by atoms with Crippen molar-refractivity contribution in [3.63, 3.8) is 0 Å². The molecule has 0 saturated heterocycles. The van der Waals surface area contributed by atoms with Gasteiger partial charge in [0, 0.05) is 19.3 Å². The molecule has 0 aromatic rings. The summed E-state index contributed by atoms with van der Waals surface area (Å²) in [7, 11) is 0. The largest absolute Gasteiger partial charge is 0.462 e. The average molecular weight is 779 g/mol. The van der Waals surface area contributed by atoms with Crippen LogP contribution in [0.4, 0.5) is 0 Å². The van der Waals surface area contributed by atoms with E-state index < -0.39 is 6.10 Å². The van der Waals surface area contributed by atoms with Gasteiger partial charge in [0.25, 0.3) is 0 Å². The van der Waals surface area contributed by atoms with E-state index in [4.69, 9.17) is 14.2 Å². The molecule has 0 aromatic carbocycles. The Morgan fingerprint density at radius 2 is 0.636 bits per heavy atom. The zero-order chi connectivity index (χ0) is 40.6. The van der Waals surface area contributed by atoms with Crippen LogP contribution in [0.1, 0.15) is 260 Å². The third kappa shape index (κ3) is 40.4. The fourth-order valence-corrected chi connectivity index (χ4v) is 7.17. The Labute approximate surface area is 342 Å². The van der Waals surface area contributed by atoms with E-state index in [1.807, 2.05) is 0 Å². The predicted molar refractivity (Wildman–Crippen MR) is 233 cm³/mol. The molecule has 3 atom stereocenters. The minimum Gasteiger partial charge on any atom is -0.462 e. The van der Waals surface area contributed by atoms with Gasteiger partial charge in [-0.2, -0.15) is 0 Å². The van der Waals surface area contributed by atoms with Crippen LogP contribution in [-0.2, 0) is 28.6 Å². The second kappa shape index (κ2) is 40.6. The standard InChI is InChI=1S/C49H94O6/c1-7-44(5)36-30-24-18-13-15-21-27-33-39-48(51)54-42-46(55-49(52)40-34-28-22-16-14-19-25-31-37-45(6)8-2)41-53-47(50)38-32-26-20-12-10-9-11-17-23-29-35-43(3)4/h43-46H,7-42H2,1-6H3/t44?,45?,46-/m0/s1. The van der Waals surface area contributed by atoms with Crippen LogP contribution in [-0.4, -0.2) is 37.2 Å². The lowest BCUT2D eigenvalue weighted by atomic mass is 9.99. The Balaban J connectivity index is 4.36. The Morgan fingerprint density at radius 3 is 0.945 bits per heavy atom. The second-order valence-corrected chi connectivity index (χ2v) is 17.7. The molecule has 0 radical (unpaired) electrons. The van der Waals surface area contributed by atoms with Crippen LogP contribution in [0.3, 0.4) is 0 Å². The molecular weight excluding hydrogens is 685 g/mol. The molecule has 326 valence electrons. The molecule has 0 aliphatic carbocycles. The summed E-state index contributed by atoms with van der Waals surface area (Å²) in [5.41, 5.74) is 0. The molecule has 2 unspecified atom stereocenters. The summed E-state index contributed by atoms with van der Waals surface area (Å²) in [6.07, 6.45) is 37.9. The molecule has 0 N–H and O–H groups in total. The zero-order valence-corrected chi connectivity index (χ0v) is 37.7. The summed E-state index contributed by atoms with van der Waals surface area (Å²) in [4.78, 5) is 37.8. The maximum Gasteiger partial charge on any atom is 0.306 e. The molecule has 0 rings (SSSR count). The lowest BCUT2D eigenvalue weighted by Crippen LogP contribution is -2.30. The summed E-state index contributed by atoms with van der Waals surface area (Å²) in [6.45, 7) is 13.7. The molecule has 0 fully saturated rings. The quantitative estimate of drug-likeness (QED) is 0.0349. The summed E-state index contributed by atoms with van der Waals surface area (Å²) < 4.78 is 16.8. The highest BCUT2D eigenvalue weighted by Crippen LogP contribution is 2.18. The number of esters is 3. The van der Waals surface area contributed by atoms with Crippen molar-refractivity contribution in [1.29, 1.82) is 0 Å². The number of hydrogen-bond donors (Lipinski definition) is 0. The molecule has 6 nitrogen and oxygen atoms in total. The van der Waals surface area contributed by atoms with Crippen molar-refractivity contribution in [2.75, 3.05) is 13.2 Å². The number of unbranched alkanes of at least 4 members (excludes halogenated alkanes) is 23. The molecule has 0 heterocycles. The van der Waals surface area contributed by atoms with Crippen LogP contribution < -0.4 is 0 Å². The lowest BCUT2D eigenvalue weighted by molar-refractivity contribution is -0.167. The van der Waals surface area contributed by atoms with Crippen LogP contribution in [0.5, 0.6) is 0 Å². The third-order valence-electron chi connectivity index (χ3n) is 11.6. The first-order valence-electron chi connectivity index (χ1n) is 24.2. The molecular formula is C49H94O6. The first-order valence-corrected chi connectivity index (χ1v) is 24.2. The van der Waals surface area contributed by atoms with Gasteiger partial charge in [0.05, 0.1) is 0 Å². The maximum atomic E-state index is 12.7. The van der Waals surface area contributed by atoms with Gasteiger partial charge in [-0.15, -0.1) is 0 Å². The Kier molecular flexibility index (Phi) is 39.4. The van der Waals surface area contributed by atoms with Gasteiger partial charge in [-0.1, -0.05) is 221 Å². The van der Waals surface area contributed by atoms with Crippen LogP contribution in [0.25, 0.3) is 0 Å². The van der Waals surface area contributed by atoms with E-state index in [2.05, 4.69) is 41.5 Å². The summed E-state index contributed by atoms with van der Waals surface area (Å²) in [5, 5.41) is 0. The number of carbonyl (C=O) groups is 3. The fraction of sp³-hybridized carbons (Fsp3) is 0.939. The van der Waals surface area contributed by atoms with Crippen molar-refractivity contribution in [2.24, 2.45) is 17.8 Å². The van der Waals surface area contributed by atoms with Crippen molar-refractivity contribution in [1.82, 2.24) is 0 Å². The van der Waals surface area contributed by atoms with Crippen LogP contribution >= 0.6 is 0 Å². The molecule has 55 heavy (non-hydrogen) atoms. The smallest absolute Gasteiger partial charge is 0.306 e. The minimum atomic E-state index is -0.762. The number of carbonyl (C=O) groups excluding carboxylic acids is 3. The molecule has 0 spiro atoms. The van der Waals surface area contributed by atoms with Crippen molar-refractivity contribution in [3.05, 3.63) is 0 Å². The molecule has 0 amide bonds. The van der Waals surface area contributed by atoms with E-state index in [-0.39, 0.29) is 31.1 Å². The molecule has 0 aromatic heterocycles. The van der Waals surface area contributed by atoms with E-state index >= 15 is 0 Å². The fourth-order valence-electron chi connectivity index (χ4n) is 7.17. The zero-order valence-electron chi connectivity index (χ0n) is 37.7. The van der Waals surface area contributed by atoms with Gasteiger partial charge >= 0.3 is 17.9 Å². The molecule has 0 aliphatic heterocycles. The van der Waals surface area contributed by atoms with Crippen molar-refractivity contribution in [3.8, 4) is 0 Å². The van der Waals surface area contributed by atoms with Gasteiger partial charge in [0.1, 0.15) is 13.2 Å². The summed E-state index contributed by atoms with van der Waals surface area (Å²) in [6, 6.07) is 0. The molecule has 0 aliphatic rings. The van der Waals surface area contributed by atoms with E-state index in [0.29, 0.717) is 19.3 Å². The highest BCUT2D eigenvalue weighted by molar-refractivity contribution is 5.71. The first kappa shape index (κ1) is 53.4. The third-order valence-corrected chi connectivity index (χ3v) is 11.6. The van der Waals surface area contributed by atoms with E-state index in [1.54, 1.807) is 0 Å². The van der Waals surface area contributed by atoms with Crippen LogP contribution in [0.15, 0.2) is 0 Å². The van der Waals surface area contributed by atoms with E-state index in [9.17, 15) is 14.4 Å². The van der Waals surface area contributed by atoms with Gasteiger partial charge in [-0.25, -0.2) is 0 Å². The van der Waals surface area contributed by atoms with Crippen LogP contribution in [0, 0.1) is 17.8 Å². The van der Waals surface area contributed by atoms with Crippen molar-refractivity contribution >= 4 is 17.9 Å². The highest BCUT2D eigenvalue weighted by Gasteiger charge is 2.19. The van der Waals surface area contributed by atoms with Gasteiger partial charge in [-0.3, -0.25) is 14.4 Å². The van der Waals surface area contributed by atoms with Crippen molar-refractivity contribution in [2.45, 2.75) is 266 Å². The average Bonchev–Trinajstić information content (AvgIpc) is 3.17. The minimum absolute atomic E-state index is 0.0661. The SMILES string of the molecule is CCC(C)CCCCCCCCCCC(=O)OC[C@H](COC(=O)CCCCCCCCCCCCC(C)C)OC(=O)CCCCCCCCCCC(C)CC. The molecule has 0 saturated carbocycles. The number of hydrogen-bond acceptors (Lipinski definition) is 6. The van der Waals surface area contributed by atoms with Gasteiger partial charge in [-0.05, 0) is 37.0 Å². The van der Waals surface area contributed by atoms with Crippen molar-refractivity contribution < 1.29 is 28.6 Å². The number of rotatable bonds is 42. The van der Waals surface area contributed by atoms with Gasteiger partial charge < -0.3 is 14.2 Å². The van der Waals surface area contributed by atoms with E-state index in [0.717, 1.165) is 75.5 Å². The predicted octanol–water partition coefficient (Wildman–Crippen LogP) is 15.2. The maximum absolute atomic E-state index is 12.7. The summed E-state index contributed by atoms with van der Waals surface area (Å²) >= 11 is 0. The lowest BCUT2D eigenvalue weighted by Gasteiger charge is -2.18. The Hall–Kier alpha value is -1.59. The molecule has 0 bridgehead atoms. The monoisotopic (exact) mass is 779 g/mol. The normalized spacial score (nSPS) is 13.1.